The Morgan fingerprint density at radius 1 is 1.11 bits per heavy atom. The van der Waals surface area contributed by atoms with Crippen LogP contribution in [0.4, 0.5) is 5.82 Å². The highest BCUT2D eigenvalue weighted by molar-refractivity contribution is 5.34. The van der Waals surface area contributed by atoms with Gasteiger partial charge >= 0.3 is 0 Å². The summed E-state index contributed by atoms with van der Waals surface area (Å²) in [6.45, 7) is 1.04. The zero-order valence-electron chi connectivity index (χ0n) is 11.2. The van der Waals surface area contributed by atoms with E-state index in [-0.39, 0.29) is 0 Å². The molecule has 0 unspecified atom stereocenters. The van der Waals surface area contributed by atoms with Gasteiger partial charge in [0.2, 0.25) is 0 Å². The highest BCUT2D eigenvalue weighted by Gasteiger charge is 1.99. The lowest BCUT2D eigenvalue weighted by Crippen LogP contribution is -1.99. The zero-order chi connectivity index (χ0) is 13.5. The third kappa shape index (κ3) is 3.96. The summed E-state index contributed by atoms with van der Waals surface area (Å²) in [5, 5.41) is 3.01. The van der Waals surface area contributed by atoms with E-state index in [0.717, 1.165) is 22.8 Å². The molecule has 19 heavy (non-hydrogen) atoms. The van der Waals surface area contributed by atoms with Crippen LogP contribution in [0.1, 0.15) is 11.3 Å². The minimum atomic E-state index is 0.493. The molecule has 2 rings (SSSR count). The topological polar surface area (TPSA) is 43.4 Å². The molecule has 1 aromatic carbocycles. The van der Waals surface area contributed by atoms with E-state index in [0.29, 0.717) is 13.2 Å². The molecule has 1 aromatic heterocycles. The van der Waals surface area contributed by atoms with E-state index in [4.69, 9.17) is 9.47 Å². The number of nitrogens with zero attached hydrogens (tertiary/aromatic N) is 1. The predicted octanol–water partition coefficient (Wildman–Crippen LogP) is 2.85. The van der Waals surface area contributed by atoms with Crippen LogP contribution in [0.25, 0.3) is 0 Å². The van der Waals surface area contributed by atoms with Gasteiger partial charge in [-0.25, -0.2) is 4.98 Å². The maximum atomic E-state index is 5.66. The molecule has 2 aromatic rings. The lowest BCUT2D eigenvalue weighted by atomic mass is 10.2. The van der Waals surface area contributed by atoms with Crippen molar-refractivity contribution in [2.75, 3.05) is 19.5 Å². The van der Waals surface area contributed by atoms with Crippen molar-refractivity contribution in [2.45, 2.75) is 13.2 Å². The number of pyridine rings is 1. The highest BCUT2D eigenvalue weighted by atomic mass is 16.5. The van der Waals surface area contributed by atoms with Crippen molar-refractivity contribution in [2.24, 2.45) is 0 Å². The predicted molar refractivity (Wildman–Crippen MR) is 75.3 cm³/mol. The number of methoxy groups -OCH3 is 1. The molecular weight excluding hydrogens is 240 g/mol. The molecule has 0 spiro atoms. The van der Waals surface area contributed by atoms with Crippen LogP contribution < -0.4 is 10.1 Å². The molecule has 4 heteroatoms. The van der Waals surface area contributed by atoms with Crippen molar-refractivity contribution < 1.29 is 9.47 Å². The summed E-state index contributed by atoms with van der Waals surface area (Å²) >= 11 is 0. The minimum Gasteiger partial charge on any atom is -0.497 e. The van der Waals surface area contributed by atoms with Gasteiger partial charge in [-0.1, -0.05) is 18.2 Å². The molecule has 0 radical (unpaired) electrons. The van der Waals surface area contributed by atoms with Crippen molar-refractivity contribution in [1.29, 1.82) is 0 Å². The number of aromatic nitrogens is 1. The normalized spacial score (nSPS) is 10.2. The lowest BCUT2D eigenvalue weighted by Gasteiger charge is -2.07. The van der Waals surface area contributed by atoms with Crippen molar-refractivity contribution in [3.63, 3.8) is 0 Å². The molecule has 0 atom stereocenters. The van der Waals surface area contributed by atoms with Crippen LogP contribution in [0.2, 0.25) is 0 Å². The number of hydrogen-bond donors (Lipinski definition) is 1. The fraction of sp³-hybridized carbons (Fsp3) is 0.267. The van der Waals surface area contributed by atoms with Crippen LogP contribution in [-0.2, 0) is 18.0 Å². The molecule has 0 aliphatic carbocycles. The first-order valence-electron chi connectivity index (χ1n) is 6.16. The molecule has 0 amide bonds. The molecule has 100 valence electrons. The number of benzene rings is 1. The molecular formula is C15H18N2O2. The van der Waals surface area contributed by atoms with Crippen LogP contribution >= 0.6 is 0 Å². The summed E-state index contributed by atoms with van der Waals surface area (Å²) in [7, 11) is 3.51. The monoisotopic (exact) mass is 258 g/mol. The van der Waals surface area contributed by atoms with E-state index < -0.39 is 0 Å². The average Bonchev–Trinajstić information content (AvgIpc) is 2.48. The van der Waals surface area contributed by atoms with E-state index in [2.05, 4.69) is 10.3 Å². The van der Waals surface area contributed by atoms with Gasteiger partial charge < -0.3 is 14.8 Å². The summed E-state index contributed by atoms with van der Waals surface area (Å²) in [6, 6.07) is 13.7. The van der Waals surface area contributed by atoms with Crippen LogP contribution in [0.5, 0.6) is 5.75 Å². The molecule has 0 saturated carbocycles. The van der Waals surface area contributed by atoms with Gasteiger partial charge in [0.05, 0.1) is 26.0 Å². The first-order valence-corrected chi connectivity index (χ1v) is 6.16. The summed E-state index contributed by atoms with van der Waals surface area (Å²) in [5.74, 6) is 1.69. The maximum Gasteiger partial charge on any atom is 0.126 e. The Hall–Kier alpha value is -2.07. The second-order valence-electron chi connectivity index (χ2n) is 4.11. The van der Waals surface area contributed by atoms with Gasteiger partial charge in [0, 0.05) is 7.05 Å². The largest absolute Gasteiger partial charge is 0.497 e. The number of anilines is 1. The van der Waals surface area contributed by atoms with Gasteiger partial charge in [0.25, 0.3) is 0 Å². The Morgan fingerprint density at radius 2 is 1.95 bits per heavy atom. The maximum absolute atomic E-state index is 5.66. The first-order chi connectivity index (χ1) is 9.31. The average molecular weight is 258 g/mol. The van der Waals surface area contributed by atoms with Crippen molar-refractivity contribution in [1.82, 2.24) is 4.98 Å². The van der Waals surface area contributed by atoms with E-state index in [1.165, 1.54) is 0 Å². The first kappa shape index (κ1) is 13.4. The van der Waals surface area contributed by atoms with E-state index in [9.17, 15) is 0 Å². The molecule has 4 nitrogen and oxygen atoms in total. The van der Waals surface area contributed by atoms with Crippen LogP contribution in [0, 0.1) is 0 Å². The molecule has 1 N–H and O–H groups in total. The molecule has 0 bridgehead atoms. The van der Waals surface area contributed by atoms with Crippen molar-refractivity contribution in [3.8, 4) is 5.75 Å². The fourth-order valence-electron chi connectivity index (χ4n) is 1.73. The van der Waals surface area contributed by atoms with Crippen LogP contribution in [-0.4, -0.2) is 19.1 Å². The number of hydrogen-bond acceptors (Lipinski definition) is 4. The van der Waals surface area contributed by atoms with Crippen LogP contribution in [0.3, 0.4) is 0 Å². The quantitative estimate of drug-likeness (QED) is 0.865. The van der Waals surface area contributed by atoms with E-state index in [1.54, 1.807) is 7.11 Å². The highest BCUT2D eigenvalue weighted by Crippen LogP contribution is 2.14. The summed E-state index contributed by atoms with van der Waals surface area (Å²) in [6.07, 6.45) is 0. The molecule has 0 saturated heterocycles. The Balaban J connectivity index is 1.88. The third-order valence-corrected chi connectivity index (χ3v) is 2.72. The minimum absolute atomic E-state index is 0.493. The molecule has 1 heterocycles. The summed E-state index contributed by atoms with van der Waals surface area (Å²) in [5.41, 5.74) is 2.00. The van der Waals surface area contributed by atoms with E-state index >= 15 is 0 Å². The van der Waals surface area contributed by atoms with Gasteiger partial charge in [-0.2, -0.15) is 0 Å². The third-order valence-electron chi connectivity index (χ3n) is 2.72. The van der Waals surface area contributed by atoms with Crippen molar-refractivity contribution >= 4 is 5.82 Å². The fourth-order valence-corrected chi connectivity index (χ4v) is 1.73. The van der Waals surface area contributed by atoms with Crippen molar-refractivity contribution in [3.05, 3.63) is 53.7 Å². The van der Waals surface area contributed by atoms with Gasteiger partial charge in [0.1, 0.15) is 11.6 Å². The summed E-state index contributed by atoms with van der Waals surface area (Å²) in [4.78, 5) is 4.40. The summed E-state index contributed by atoms with van der Waals surface area (Å²) < 4.78 is 10.8. The molecule has 0 fully saturated rings. The smallest absolute Gasteiger partial charge is 0.126 e. The zero-order valence-corrected chi connectivity index (χ0v) is 11.2. The van der Waals surface area contributed by atoms with Gasteiger partial charge in [0.15, 0.2) is 0 Å². The Bertz CT molecular complexity index is 482. The standard InChI is InChI=1S/C15H18N2O2/c1-16-15-8-4-6-13(17-15)11-19-10-12-5-3-7-14(9-12)18-2/h3-9H,10-11H2,1-2H3,(H,16,17). The second-order valence-corrected chi connectivity index (χ2v) is 4.11. The second kappa shape index (κ2) is 6.75. The van der Waals surface area contributed by atoms with E-state index in [1.807, 2.05) is 49.5 Å². The van der Waals surface area contributed by atoms with Gasteiger partial charge in [-0.3, -0.25) is 0 Å². The van der Waals surface area contributed by atoms with Gasteiger partial charge in [-0.05, 0) is 29.8 Å². The Labute approximate surface area is 113 Å². The number of nitrogens with one attached hydrogen (secondary N) is 1. The number of ether oxygens (including phenoxy) is 2. The Morgan fingerprint density at radius 3 is 2.74 bits per heavy atom. The Kier molecular flexibility index (Phi) is 4.75. The lowest BCUT2D eigenvalue weighted by molar-refractivity contribution is 0.104. The number of rotatable bonds is 6. The SMILES string of the molecule is CNc1cccc(COCc2cccc(OC)c2)n1. The van der Waals surface area contributed by atoms with Gasteiger partial charge in [-0.15, -0.1) is 0 Å². The van der Waals surface area contributed by atoms with Crippen LogP contribution in [0.15, 0.2) is 42.5 Å². The molecule has 0 aliphatic heterocycles. The molecule has 0 aliphatic rings.